The Labute approximate surface area is 181 Å². The topological polar surface area (TPSA) is 20.3 Å². The predicted octanol–water partition coefficient (Wildman–Crippen LogP) is 5.18. The Hall–Kier alpha value is -0.441. The maximum atomic E-state index is 12.8. The van der Waals surface area contributed by atoms with Gasteiger partial charge in [0.25, 0.3) is 0 Å². The second kappa shape index (κ2) is 12.9. The zero-order chi connectivity index (χ0) is 18.9. The Morgan fingerprint density at radius 2 is 1.33 bits per heavy atom. The van der Waals surface area contributed by atoms with E-state index in [0.717, 1.165) is 16.1 Å². The molecule has 27 heavy (non-hydrogen) atoms. The number of thioether (sulfide) groups is 1. The van der Waals surface area contributed by atoms with Crippen molar-refractivity contribution in [2.24, 2.45) is 0 Å². The summed E-state index contributed by atoms with van der Waals surface area (Å²) >= 11 is 1.64. The summed E-state index contributed by atoms with van der Waals surface area (Å²) in [5, 5.41) is 1.03. The Bertz CT molecular complexity index is 515. The van der Waals surface area contributed by atoms with E-state index in [4.69, 9.17) is 0 Å². The first-order valence-corrected chi connectivity index (χ1v) is 9.80. The summed E-state index contributed by atoms with van der Waals surface area (Å²) in [7, 11) is 0. The van der Waals surface area contributed by atoms with Crippen LogP contribution >= 0.6 is 11.8 Å². The van der Waals surface area contributed by atoms with E-state index in [1.165, 1.54) is 0 Å². The minimum absolute atomic E-state index is 0. The Morgan fingerprint density at radius 1 is 0.815 bits per heavy atom. The summed E-state index contributed by atoms with van der Waals surface area (Å²) in [4.78, 5) is 15.9. The first-order valence-electron chi connectivity index (χ1n) is 8.98. The molecule has 0 atom stereocenters. The summed E-state index contributed by atoms with van der Waals surface area (Å²) in [5.74, 6) is 0.912. The molecule has 0 bridgehead atoms. The number of carbonyl (C=O) groups excluding carboxylic acids is 1. The third-order valence-corrected chi connectivity index (χ3v) is 4.96. The summed E-state index contributed by atoms with van der Waals surface area (Å²) < 4.78 is 0. The molecule has 0 heterocycles. The molecular weight excluding hydrogens is 394 g/mol. The molecule has 2 aliphatic rings. The Kier molecular flexibility index (Phi) is 11.8. The molecule has 0 aliphatic heterocycles. The average molecular weight is 421 g/mol. The van der Waals surface area contributed by atoms with Crippen LogP contribution < -0.4 is 0 Å². The smallest absolute Gasteiger partial charge is 0.337 e. The molecule has 142 valence electrons. The molecule has 4 heteroatoms. The molecule has 0 N–H and O–H groups in total. The van der Waals surface area contributed by atoms with Gasteiger partial charge in [-0.05, 0) is 91.2 Å². The molecule has 2 nitrogen and oxygen atoms in total. The summed E-state index contributed by atoms with van der Waals surface area (Å²) in [6, 6.07) is 10.6. The molecule has 1 aromatic rings. The van der Waals surface area contributed by atoms with Crippen LogP contribution in [0, 0.1) is 62.5 Å². The zero-order valence-corrected chi connectivity index (χ0v) is 18.2. The van der Waals surface area contributed by atoms with Gasteiger partial charge in [-0.25, -0.2) is 0 Å². The molecule has 2 saturated carbocycles. The van der Waals surface area contributed by atoms with Crippen LogP contribution in [0.15, 0.2) is 35.2 Å². The molecule has 1 aromatic carbocycles. The number of hydrogen-bond acceptors (Lipinski definition) is 2. The molecule has 0 aromatic heterocycles. The monoisotopic (exact) mass is 421 g/mol. The normalized spacial score (nSPS) is 17.6. The number of hydrogen-bond donors (Lipinski definition) is 0. The van der Waals surface area contributed by atoms with Gasteiger partial charge in [0.2, 0.25) is 5.91 Å². The van der Waals surface area contributed by atoms with E-state index in [9.17, 15) is 4.79 Å². The third kappa shape index (κ3) is 7.83. The number of amides is 1. The van der Waals surface area contributed by atoms with E-state index in [-0.39, 0.29) is 35.1 Å². The third-order valence-electron chi connectivity index (χ3n) is 3.88. The van der Waals surface area contributed by atoms with Crippen molar-refractivity contribution in [2.45, 2.75) is 44.7 Å². The molecule has 0 spiro atoms. The van der Waals surface area contributed by atoms with Crippen LogP contribution in [0.4, 0.5) is 0 Å². The van der Waals surface area contributed by atoms with Gasteiger partial charge in [0.15, 0.2) is 0 Å². The van der Waals surface area contributed by atoms with Crippen molar-refractivity contribution in [3.05, 3.63) is 92.9 Å². The van der Waals surface area contributed by atoms with Gasteiger partial charge in [-0.2, -0.15) is 0 Å². The van der Waals surface area contributed by atoms with E-state index in [0.29, 0.717) is 0 Å². The zero-order valence-electron chi connectivity index (χ0n) is 16.3. The van der Waals surface area contributed by atoms with Gasteiger partial charge < -0.3 is 4.90 Å². The fraction of sp³-hybridized carbons (Fsp3) is 0.261. The average Bonchev–Trinajstić information content (AvgIpc) is 3.30. The fourth-order valence-corrected chi connectivity index (χ4v) is 3.77. The summed E-state index contributed by atoms with van der Waals surface area (Å²) in [5.41, 5.74) is 0. The van der Waals surface area contributed by atoms with Gasteiger partial charge in [-0.1, -0.05) is 18.2 Å². The Balaban J connectivity index is 0.000000526. The predicted molar refractivity (Wildman–Crippen MR) is 110 cm³/mol. The SMILES string of the molecule is CC(C)N(C(=O)[C]1[CH][CH][CH][C]1Sc1ccccc1)C(C)C.[CH]1[CH][CH][CH][CH]1.[Fe+2]. The van der Waals surface area contributed by atoms with Crippen LogP contribution in [-0.4, -0.2) is 22.9 Å². The second-order valence-electron chi connectivity index (χ2n) is 6.58. The first kappa shape index (κ1) is 24.6. The minimum atomic E-state index is 0. The van der Waals surface area contributed by atoms with Crippen molar-refractivity contribution in [3.8, 4) is 0 Å². The maximum Gasteiger partial charge on any atom is 2.00 e. The van der Waals surface area contributed by atoms with E-state index in [1.54, 1.807) is 11.8 Å². The van der Waals surface area contributed by atoms with Crippen LogP contribution in [0.25, 0.3) is 0 Å². The Morgan fingerprint density at radius 3 is 1.81 bits per heavy atom. The van der Waals surface area contributed by atoms with Crippen molar-refractivity contribution >= 4 is 17.7 Å². The van der Waals surface area contributed by atoms with Gasteiger partial charge in [-0.15, -0.1) is 11.8 Å². The van der Waals surface area contributed by atoms with Crippen molar-refractivity contribution in [2.75, 3.05) is 0 Å². The van der Waals surface area contributed by atoms with Crippen LogP contribution in [0.5, 0.6) is 0 Å². The van der Waals surface area contributed by atoms with Gasteiger partial charge in [-0.3, -0.25) is 4.79 Å². The largest absolute Gasteiger partial charge is 2.00 e. The van der Waals surface area contributed by atoms with Crippen molar-refractivity contribution in [3.63, 3.8) is 0 Å². The number of nitrogens with zero attached hydrogens (tertiary/aromatic N) is 1. The number of benzene rings is 1. The van der Waals surface area contributed by atoms with Gasteiger partial charge in [0, 0.05) is 17.0 Å². The molecule has 2 fully saturated rings. The van der Waals surface area contributed by atoms with E-state index in [2.05, 4.69) is 39.8 Å². The van der Waals surface area contributed by atoms with E-state index < -0.39 is 0 Å². The van der Waals surface area contributed by atoms with Crippen LogP contribution in [0.1, 0.15) is 27.7 Å². The second-order valence-corrected chi connectivity index (χ2v) is 7.70. The molecular formula is C23H27FeNOS+2. The van der Waals surface area contributed by atoms with Crippen molar-refractivity contribution < 1.29 is 21.9 Å². The standard InChI is InChI=1S/C18H22NOS.C5H5.Fe/c1-13(2)19(14(3)4)18(20)16-11-8-12-17(16)21-15-9-6-5-7-10-15;1-2-4-5-3-1;/h5-14H,1-4H3;1-5H;/q;;+2. The maximum absolute atomic E-state index is 12.8. The minimum Gasteiger partial charge on any atom is -0.337 e. The molecule has 2 aliphatic carbocycles. The molecule has 3 rings (SSSR count). The summed E-state index contributed by atoms with van der Waals surface area (Å²) in [6.07, 6.45) is 15.9. The molecule has 10 radical (unpaired) electrons. The molecule has 1 amide bonds. The number of carbonyl (C=O) groups is 1. The van der Waals surface area contributed by atoms with Gasteiger partial charge in [0.05, 0.1) is 11.2 Å². The summed E-state index contributed by atoms with van der Waals surface area (Å²) in [6.45, 7) is 8.24. The van der Waals surface area contributed by atoms with Crippen LogP contribution in [-0.2, 0) is 21.9 Å². The van der Waals surface area contributed by atoms with Crippen molar-refractivity contribution in [1.82, 2.24) is 4.90 Å². The molecule has 0 unspecified atom stereocenters. The van der Waals surface area contributed by atoms with Crippen LogP contribution in [0.3, 0.4) is 0 Å². The van der Waals surface area contributed by atoms with E-state index in [1.807, 2.05) is 74.5 Å². The first-order chi connectivity index (χ1) is 12.5. The van der Waals surface area contributed by atoms with Gasteiger partial charge in [0.1, 0.15) is 0 Å². The van der Waals surface area contributed by atoms with Crippen molar-refractivity contribution in [1.29, 1.82) is 0 Å². The van der Waals surface area contributed by atoms with Gasteiger partial charge >= 0.3 is 17.1 Å². The fourth-order valence-electron chi connectivity index (χ4n) is 2.81. The van der Waals surface area contributed by atoms with E-state index >= 15 is 0 Å². The van der Waals surface area contributed by atoms with Crippen LogP contribution in [0.2, 0.25) is 0 Å². The number of rotatable bonds is 5. The quantitative estimate of drug-likeness (QED) is 0.611. The molecule has 0 saturated heterocycles.